The van der Waals surface area contributed by atoms with Crippen LogP contribution in [0, 0.1) is 23.3 Å². The van der Waals surface area contributed by atoms with E-state index in [0.717, 1.165) is 7.11 Å². The fraction of sp³-hybridized carbons (Fsp3) is 0.130. The Hall–Kier alpha value is -4.26. The number of aromatic nitrogens is 3. The molecular formula is C23H17F4N5O3S. The predicted molar refractivity (Wildman–Crippen MR) is 127 cm³/mol. The van der Waals surface area contributed by atoms with Gasteiger partial charge in [-0.1, -0.05) is 0 Å². The van der Waals surface area contributed by atoms with Gasteiger partial charge in [-0.05, 0) is 61.6 Å². The average molecular weight is 519 g/mol. The summed E-state index contributed by atoms with van der Waals surface area (Å²) < 4.78 is 65.9. The van der Waals surface area contributed by atoms with Crippen LogP contribution >= 0.6 is 12.2 Å². The number of anilines is 1. The van der Waals surface area contributed by atoms with Crippen molar-refractivity contribution in [2.45, 2.75) is 6.92 Å². The molecule has 0 atom stereocenters. The third-order valence-electron chi connectivity index (χ3n) is 4.90. The van der Waals surface area contributed by atoms with Crippen molar-refractivity contribution >= 4 is 40.0 Å². The molecular weight excluding hydrogens is 502 g/mol. The van der Waals surface area contributed by atoms with Gasteiger partial charge in [0.2, 0.25) is 11.6 Å². The molecule has 0 fully saturated rings. The van der Waals surface area contributed by atoms with Gasteiger partial charge in [0.25, 0.3) is 5.91 Å². The standard InChI is InChI=1S/C23H17F4N5O3S/c1-3-35-13-7-5-12(6-8-13)32-30-14-9-4-11(10-15(14)31-32)28-23(36)29-22(33)16-17(24)19(26)21(34-2)20(27)18(16)25/h4-10H,3H2,1-2H3,(H2,28,29,33,36). The highest BCUT2D eigenvalue weighted by atomic mass is 32.1. The Bertz CT molecular complexity index is 1450. The lowest BCUT2D eigenvalue weighted by Gasteiger charge is -2.12. The van der Waals surface area contributed by atoms with E-state index in [9.17, 15) is 22.4 Å². The van der Waals surface area contributed by atoms with E-state index in [2.05, 4.69) is 20.3 Å². The number of amides is 1. The van der Waals surface area contributed by atoms with Crippen molar-refractivity contribution in [3.63, 3.8) is 0 Å². The van der Waals surface area contributed by atoms with Gasteiger partial charge >= 0.3 is 0 Å². The van der Waals surface area contributed by atoms with E-state index in [0.29, 0.717) is 34.8 Å². The minimum Gasteiger partial charge on any atom is -0.494 e. The Labute approximate surface area is 206 Å². The summed E-state index contributed by atoms with van der Waals surface area (Å²) in [4.78, 5) is 13.7. The van der Waals surface area contributed by atoms with E-state index < -0.39 is 40.5 Å². The number of methoxy groups -OCH3 is 1. The van der Waals surface area contributed by atoms with Crippen molar-refractivity contribution < 1.29 is 31.8 Å². The molecule has 0 radical (unpaired) electrons. The molecule has 0 spiro atoms. The Morgan fingerprint density at radius 3 is 2.22 bits per heavy atom. The molecule has 4 rings (SSSR count). The molecule has 0 saturated carbocycles. The topological polar surface area (TPSA) is 90.3 Å². The van der Waals surface area contributed by atoms with Crippen molar-refractivity contribution in [3.05, 3.63) is 71.3 Å². The van der Waals surface area contributed by atoms with Gasteiger partial charge in [0, 0.05) is 5.69 Å². The number of hydrogen-bond donors (Lipinski definition) is 2. The number of ether oxygens (including phenoxy) is 2. The molecule has 1 amide bonds. The molecule has 1 heterocycles. The number of benzene rings is 3. The number of carbonyl (C=O) groups excluding carboxylic acids is 1. The molecule has 0 aliphatic carbocycles. The lowest BCUT2D eigenvalue weighted by Crippen LogP contribution is -2.35. The van der Waals surface area contributed by atoms with Gasteiger partial charge in [-0.15, -0.1) is 10.2 Å². The maximum absolute atomic E-state index is 14.2. The molecule has 36 heavy (non-hydrogen) atoms. The third-order valence-corrected chi connectivity index (χ3v) is 5.10. The molecule has 4 aromatic rings. The Kier molecular flexibility index (Phi) is 7.01. The minimum absolute atomic E-state index is 0.361. The second kappa shape index (κ2) is 10.2. The number of nitrogens with one attached hydrogen (secondary N) is 2. The van der Waals surface area contributed by atoms with Crippen LogP contribution in [0.1, 0.15) is 17.3 Å². The monoisotopic (exact) mass is 519 g/mol. The molecule has 2 N–H and O–H groups in total. The van der Waals surface area contributed by atoms with E-state index in [4.69, 9.17) is 17.0 Å². The SMILES string of the molecule is CCOc1ccc(-n2nc3ccc(NC(=S)NC(=O)c4c(F)c(F)c(OC)c(F)c4F)cc3n2)cc1. The number of nitrogens with zero attached hydrogens (tertiary/aromatic N) is 3. The summed E-state index contributed by atoms with van der Waals surface area (Å²) in [6.07, 6.45) is 0. The number of halogens is 4. The van der Waals surface area contributed by atoms with E-state index >= 15 is 0 Å². The second-order valence-electron chi connectivity index (χ2n) is 7.19. The number of rotatable bonds is 6. The highest BCUT2D eigenvalue weighted by Gasteiger charge is 2.30. The van der Waals surface area contributed by atoms with Crippen molar-refractivity contribution in [1.29, 1.82) is 0 Å². The molecule has 0 aliphatic rings. The zero-order valence-corrected chi connectivity index (χ0v) is 19.6. The summed E-state index contributed by atoms with van der Waals surface area (Å²) in [5, 5.41) is 13.0. The maximum atomic E-state index is 14.2. The first kappa shape index (κ1) is 24.9. The van der Waals surface area contributed by atoms with Crippen LogP contribution in [0.4, 0.5) is 23.2 Å². The van der Waals surface area contributed by atoms with Crippen LogP contribution in [0.2, 0.25) is 0 Å². The molecule has 0 saturated heterocycles. The van der Waals surface area contributed by atoms with Crippen molar-refractivity contribution in [3.8, 4) is 17.2 Å². The van der Waals surface area contributed by atoms with Crippen LogP contribution in [-0.4, -0.2) is 39.7 Å². The predicted octanol–water partition coefficient (Wildman–Crippen LogP) is 4.51. The van der Waals surface area contributed by atoms with Gasteiger partial charge in [0.1, 0.15) is 22.3 Å². The number of hydrogen-bond acceptors (Lipinski definition) is 6. The largest absolute Gasteiger partial charge is 0.494 e. The van der Waals surface area contributed by atoms with Gasteiger partial charge in [-0.2, -0.15) is 13.6 Å². The van der Waals surface area contributed by atoms with Crippen molar-refractivity contribution in [1.82, 2.24) is 20.3 Å². The number of carbonyl (C=O) groups is 1. The molecule has 8 nitrogen and oxygen atoms in total. The van der Waals surface area contributed by atoms with E-state index in [1.165, 1.54) is 4.80 Å². The van der Waals surface area contributed by atoms with Gasteiger partial charge in [-0.25, -0.2) is 8.78 Å². The first-order chi connectivity index (χ1) is 17.2. The smallest absolute Gasteiger partial charge is 0.263 e. The molecule has 0 unspecified atom stereocenters. The summed E-state index contributed by atoms with van der Waals surface area (Å²) in [5.74, 6) is -9.60. The maximum Gasteiger partial charge on any atom is 0.263 e. The van der Waals surface area contributed by atoms with E-state index in [-0.39, 0.29) is 5.11 Å². The quantitative estimate of drug-likeness (QED) is 0.220. The molecule has 13 heteroatoms. The lowest BCUT2D eigenvalue weighted by molar-refractivity contribution is 0.0966. The molecule has 186 valence electrons. The summed E-state index contributed by atoms with van der Waals surface area (Å²) >= 11 is 5.00. The Morgan fingerprint density at radius 2 is 1.61 bits per heavy atom. The molecule has 0 bridgehead atoms. The summed E-state index contributed by atoms with van der Waals surface area (Å²) in [7, 11) is 0.826. The zero-order valence-electron chi connectivity index (χ0n) is 18.7. The van der Waals surface area contributed by atoms with Gasteiger partial charge < -0.3 is 14.8 Å². The first-order valence-corrected chi connectivity index (χ1v) is 10.8. The van der Waals surface area contributed by atoms with Crippen LogP contribution in [0.3, 0.4) is 0 Å². The van der Waals surface area contributed by atoms with Crippen molar-refractivity contribution in [2.24, 2.45) is 0 Å². The fourth-order valence-corrected chi connectivity index (χ4v) is 3.48. The molecule has 1 aromatic heterocycles. The zero-order chi connectivity index (χ0) is 26.0. The second-order valence-corrected chi connectivity index (χ2v) is 7.60. The third kappa shape index (κ3) is 4.77. The van der Waals surface area contributed by atoms with Gasteiger partial charge in [-0.3, -0.25) is 10.1 Å². The summed E-state index contributed by atoms with van der Waals surface area (Å²) in [6.45, 7) is 2.42. The Morgan fingerprint density at radius 1 is 0.972 bits per heavy atom. The highest BCUT2D eigenvalue weighted by Crippen LogP contribution is 2.29. The van der Waals surface area contributed by atoms with Gasteiger partial charge in [0.15, 0.2) is 22.5 Å². The van der Waals surface area contributed by atoms with Crippen LogP contribution in [0.25, 0.3) is 16.7 Å². The number of thiocarbonyl (C=S) groups is 1. The lowest BCUT2D eigenvalue weighted by atomic mass is 10.1. The van der Waals surface area contributed by atoms with Crippen molar-refractivity contribution in [2.75, 3.05) is 19.0 Å². The molecule has 0 aliphatic heterocycles. The summed E-state index contributed by atoms with van der Waals surface area (Å²) in [6, 6.07) is 11.9. The number of fused-ring (bicyclic) bond motifs is 1. The first-order valence-electron chi connectivity index (χ1n) is 10.4. The van der Waals surface area contributed by atoms with Gasteiger partial charge in [0.05, 0.1) is 19.4 Å². The normalized spacial score (nSPS) is 10.8. The van der Waals surface area contributed by atoms with E-state index in [1.54, 1.807) is 42.5 Å². The van der Waals surface area contributed by atoms with Crippen LogP contribution in [0.5, 0.6) is 11.5 Å². The van der Waals surface area contributed by atoms with Crippen LogP contribution < -0.4 is 20.1 Å². The van der Waals surface area contributed by atoms with Crippen LogP contribution in [-0.2, 0) is 0 Å². The Balaban J connectivity index is 1.50. The average Bonchev–Trinajstić information content (AvgIpc) is 3.27. The highest BCUT2D eigenvalue weighted by molar-refractivity contribution is 7.80. The van der Waals surface area contributed by atoms with Crippen LogP contribution in [0.15, 0.2) is 42.5 Å². The molecule has 3 aromatic carbocycles. The fourth-order valence-electron chi connectivity index (χ4n) is 3.27. The summed E-state index contributed by atoms with van der Waals surface area (Å²) in [5.41, 5.74) is 0.593. The van der Waals surface area contributed by atoms with E-state index in [1.807, 2.05) is 12.2 Å². The minimum atomic E-state index is -1.92.